The van der Waals surface area contributed by atoms with E-state index in [1.165, 1.54) is 12.1 Å². The fourth-order valence-corrected chi connectivity index (χ4v) is 2.75. The van der Waals surface area contributed by atoms with Crippen LogP contribution in [0.25, 0.3) is 0 Å². The van der Waals surface area contributed by atoms with E-state index in [1.807, 2.05) is 6.92 Å². The Bertz CT molecular complexity index is 438. The summed E-state index contributed by atoms with van der Waals surface area (Å²) in [6.07, 6.45) is 0.160. The van der Waals surface area contributed by atoms with Crippen LogP contribution >= 0.6 is 0 Å². The molecule has 3 nitrogen and oxygen atoms in total. The van der Waals surface area contributed by atoms with E-state index in [0.717, 1.165) is 30.8 Å². The molecule has 2 atom stereocenters. The van der Waals surface area contributed by atoms with Gasteiger partial charge in [0.05, 0.1) is 6.10 Å². The zero-order valence-corrected chi connectivity index (χ0v) is 11.9. The lowest BCUT2D eigenvalue weighted by atomic mass is 9.96. The average Bonchev–Trinajstić information content (AvgIpc) is 2.33. The Labute approximate surface area is 114 Å². The molecule has 0 aromatic heterocycles. The van der Waals surface area contributed by atoms with Crippen LogP contribution in [0.2, 0.25) is 0 Å². The minimum absolute atomic E-state index is 0.247. The Morgan fingerprint density at radius 1 is 1.37 bits per heavy atom. The van der Waals surface area contributed by atoms with E-state index in [2.05, 4.69) is 23.9 Å². The Hall–Kier alpha value is -0.970. The topological polar surface area (TPSA) is 26.7 Å². The molecular weight excluding hydrogens is 243 g/mol. The minimum Gasteiger partial charge on any atom is -0.388 e. The number of hydrogen-bond donors (Lipinski definition) is 1. The second-order valence-electron chi connectivity index (χ2n) is 5.65. The van der Waals surface area contributed by atoms with Gasteiger partial charge in [-0.15, -0.1) is 0 Å². The van der Waals surface area contributed by atoms with Crippen LogP contribution < -0.4 is 0 Å². The molecule has 1 aliphatic rings. The molecule has 0 aliphatic carbocycles. The van der Waals surface area contributed by atoms with Crippen LogP contribution in [-0.2, 0) is 0 Å². The summed E-state index contributed by atoms with van der Waals surface area (Å²) in [5.74, 6) is -0.247. The number of aliphatic hydroxyl groups excluding tert-OH is 1. The standard InChI is InChI=1S/C15H23FN2O/c1-11-8-12(16)4-5-14(11)15(19)9-13-10-17(2)6-7-18(13)3/h4-5,8,13,15,19H,6-7,9-10H2,1-3H3. The Morgan fingerprint density at radius 3 is 2.79 bits per heavy atom. The van der Waals surface area contributed by atoms with Crippen LogP contribution in [0.5, 0.6) is 0 Å². The number of rotatable bonds is 3. The van der Waals surface area contributed by atoms with E-state index in [0.29, 0.717) is 12.5 Å². The number of aryl methyl sites for hydroxylation is 1. The first-order chi connectivity index (χ1) is 8.97. The molecule has 106 valence electrons. The number of hydrogen-bond acceptors (Lipinski definition) is 3. The normalized spacial score (nSPS) is 23.5. The van der Waals surface area contributed by atoms with Crippen molar-refractivity contribution in [2.75, 3.05) is 33.7 Å². The minimum atomic E-state index is -0.528. The number of nitrogens with zero attached hydrogens (tertiary/aromatic N) is 2. The second kappa shape index (κ2) is 5.99. The Kier molecular flexibility index (Phi) is 4.55. The quantitative estimate of drug-likeness (QED) is 0.904. The SMILES string of the molecule is Cc1cc(F)ccc1C(O)CC1CN(C)CCN1C. The van der Waals surface area contributed by atoms with Crippen LogP contribution in [-0.4, -0.2) is 54.7 Å². The monoisotopic (exact) mass is 266 g/mol. The van der Waals surface area contributed by atoms with E-state index < -0.39 is 6.10 Å². The van der Waals surface area contributed by atoms with Crippen molar-refractivity contribution in [2.45, 2.75) is 25.5 Å². The van der Waals surface area contributed by atoms with Crippen molar-refractivity contribution in [2.24, 2.45) is 0 Å². The lowest BCUT2D eigenvalue weighted by Gasteiger charge is -2.38. The summed E-state index contributed by atoms with van der Waals surface area (Å²) in [4.78, 5) is 4.58. The molecule has 4 heteroatoms. The van der Waals surface area contributed by atoms with Crippen molar-refractivity contribution < 1.29 is 9.50 Å². The van der Waals surface area contributed by atoms with E-state index >= 15 is 0 Å². The molecule has 1 fully saturated rings. The van der Waals surface area contributed by atoms with Crippen molar-refractivity contribution in [1.29, 1.82) is 0 Å². The zero-order valence-electron chi connectivity index (χ0n) is 11.9. The van der Waals surface area contributed by atoms with Crippen LogP contribution in [0, 0.1) is 12.7 Å². The van der Waals surface area contributed by atoms with E-state index in [9.17, 15) is 9.50 Å². The number of aliphatic hydroxyl groups is 1. The number of likely N-dealkylation sites (N-methyl/N-ethyl adjacent to an activating group) is 2. The lowest BCUT2D eigenvalue weighted by molar-refractivity contribution is 0.0632. The van der Waals surface area contributed by atoms with E-state index in [-0.39, 0.29) is 5.82 Å². The molecule has 1 aromatic carbocycles. The molecule has 1 aliphatic heterocycles. The molecule has 0 amide bonds. The van der Waals surface area contributed by atoms with Gasteiger partial charge in [0.1, 0.15) is 5.82 Å². The first-order valence-electron chi connectivity index (χ1n) is 6.80. The van der Waals surface area contributed by atoms with Crippen LogP contribution in [0.1, 0.15) is 23.7 Å². The largest absolute Gasteiger partial charge is 0.388 e. The maximum Gasteiger partial charge on any atom is 0.123 e. The van der Waals surface area contributed by atoms with Gasteiger partial charge >= 0.3 is 0 Å². The molecule has 2 unspecified atom stereocenters. The Morgan fingerprint density at radius 2 is 2.11 bits per heavy atom. The average molecular weight is 266 g/mol. The summed E-state index contributed by atoms with van der Waals surface area (Å²) in [5.41, 5.74) is 1.65. The molecule has 1 N–H and O–H groups in total. The van der Waals surface area contributed by atoms with Gasteiger partial charge in [0.15, 0.2) is 0 Å². The van der Waals surface area contributed by atoms with E-state index in [4.69, 9.17) is 0 Å². The molecule has 0 spiro atoms. The zero-order chi connectivity index (χ0) is 14.0. The van der Waals surface area contributed by atoms with Crippen LogP contribution in [0.4, 0.5) is 4.39 Å². The van der Waals surface area contributed by atoms with Gasteiger partial charge in [0.2, 0.25) is 0 Å². The van der Waals surface area contributed by atoms with Gasteiger partial charge < -0.3 is 14.9 Å². The summed E-state index contributed by atoms with van der Waals surface area (Å²) in [5, 5.41) is 10.4. The maximum absolute atomic E-state index is 13.1. The highest BCUT2D eigenvalue weighted by molar-refractivity contribution is 5.28. The predicted molar refractivity (Wildman–Crippen MR) is 74.6 cm³/mol. The third-order valence-corrected chi connectivity index (χ3v) is 4.07. The second-order valence-corrected chi connectivity index (χ2v) is 5.65. The van der Waals surface area contributed by atoms with Crippen LogP contribution in [0.3, 0.4) is 0 Å². The highest BCUT2D eigenvalue weighted by Crippen LogP contribution is 2.25. The summed E-state index contributed by atoms with van der Waals surface area (Å²) in [7, 11) is 4.21. The van der Waals surface area contributed by atoms with Gasteiger partial charge in [-0.3, -0.25) is 0 Å². The number of benzene rings is 1. The van der Waals surface area contributed by atoms with Gasteiger partial charge in [-0.25, -0.2) is 4.39 Å². The van der Waals surface area contributed by atoms with Crippen molar-refractivity contribution in [3.63, 3.8) is 0 Å². The summed E-state index contributed by atoms with van der Waals surface area (Å²) in [6, 6.07) is 4.94. The first-order valence-corrected chi connectivity index (χ1v) is 6.80. The van der Waals surface area contributed by atoms with Gasteiger partial charge in [-0.2, -0.15) is 0 Å². The molecule has 2 rings (SSSR count). The first kappa shape index (κ1) is 14.4. The van der Waals surface area contributed by atoms with Gasteiger partial charge in [-0.1, -0.05) is 6.07 Å². The molecule has 19 heavy (non-hydrogen) atoms. The number of piperazine rings is 1. The van der Waals surface area contributed by atoms with Crippen molar-refractivity contribution in [3.05, 3.63) is 35.1 Å². The lowest BCUT2D eigenvalue weighted by Crippen LogP contribution is -2.50. The smallest absolute Gasteiger partial charge is 0.123 e. The van der Waals surface area contributed by atoms with Gasteiger partial charge in [-0.05, 0) is 50.7 Å². The molecule has 0 saturated carbocycles. The highest BCUT2D eigenvalue weighted by atomic mass is 19.1. The molecule has 0 bridgehead atoms. The molecule has 1 aromatic rings. The summed E-state index contributed by atoms with van der Waals surface area (Å²) >= 11 is 0. The molecule has 1 saturated heterocycles. The van der Waals surface area contributed by atoms with Gasteiger partial charge in [0.25, 0.3) is 0 Å². The molecular formula is C15H23FN2O. The van der Waals surface area contributed by atoms with Gasteiger partial charge in [0, 0.05) is 25.7 Å². The van der Waals surface area contributed by atoms with Crippen molar-refractivity contribution >= 4 is 0 Å². The fourth-order valence-electron chi connectivity index (χ4n) is 2.75. The summed E-state index contributed by atoms with van der Waals surface area (Å²) < 4.78 is 13.1. The fraction of sp³-hybridized carbons (Fsp3) is 0.600. The molecule has 1 heterocycles. The van der Waals surface area contributed by atoms with Crippen molar-refractivity contribution in [1.82, 2.24) is 9.80 Å². The maximum atomic E-state index is 13.1. The highest BCUT2D eigenvalue weighted by Gasteiger charge is 2.25. The Balaban J connectivity index is 2.05. The number of halogens is 1. The van der Waals surface area contributed by atoms with E-state index in [1.54, 1.807) is 6.07 Å². The van der Waals surface area contributed by atoms with Crippen LogP contribution in [0.15, 0.2) is 18.2 Å². The molecule has 0 radical (unpaired) electrons. The summed E-state index contributed by atoms with van der Waals surface area (Å²) in [6.45, 7) is 4.90. The van der Waals surface area contributed by atoms with Crippen molar-refractivity contribution in [3.8, 4) is 0 Å². The predicted octanol–water partition coefficient (Wildman–Crippen LogP) is 1.80. The third kappa shape index (κ3) is 3.53. The third-order valence-electron chi connectivity index (χ3n) is 4.07.